The molecule has 0 atom stereocenters. The van der Waals surface area contributed by atoms with E-state index in [1.54, 1.807) is 24.3 Å². The van der Waals surface area contributed by atoms with E-state index in [0.717, 1.165) is 38.8 Å². The molecular formula is C24H35N3O3. The smallest absolute Gasteiger partial charge is 0.253 e. The number of benzene rings is 1. The topological polar surface area (TPSA) is 69.7 Å². The summed E-state index contributed by atoms with van der Waals surface area (Å²) in [5.41, 5.74) is 0.702. The van der Waals surface area contributed by atoms with Crippen LogP contribution in [0.25, 0.3) is 0 Å². The molecule has 1 N–H and O–H groups in total. The Bertz CT molecular complexity index is 768. The van der Waals surface area contributed by atoms with E-state index in [9.17, 15) is 14.4 Å². The number of anilines is 1. The normalized spacial score (nSPS) is 18.6. The first-order valence-corrected chi connectivity index (χ1v) is 11.3. The highest BCUT2D eigenvalue weighted by atomic mass is 16.2. The van der Waals surface area contributed by atoms with E-state index in [1.165, 1.54) is 12.8 Å². The summed E-state index contributed by atoms with van der Waals surface area (Å²) in [6, 6.07) is 7.11. The lowest BCUT2D eigenvalue weighted by atomic mass is 9.94. The van der Waals surface area contributed by atoms with Gasteiger partial charge in [0.15, 0.2) is 0 Å². The van der Waals surface area contributed by atoms with Crippen molar-refractivity contribution in [2.24, 2.45) is 11.3 Å². The molecule has 3 amide bonds. The number of piperidine rings is 1. The maximum Gasteiger partial charge on any atom is 0.253 e. The maximum atomic E-state index is 13.0. The minimum absolute atomic E-state index is 0.0320. The third-order valence-corrected chi connectivity index (χ3v) is 6.10. The number of carbonyl (C=O) groups is 3. The summed E-state index contributed by atoms with van der Waals surface area (Å²) in [6.07, 6.45) is 6.08. The molecule has 0 aromatic heterocycles. The molecule has 6 heteroatoms. The van der Waals surface area contributed by atoms with Crippen molar-refractivity contribution in [2.45, 2.75) is 59.3 Å². The van der Waals surface area contributed by atoms with Gasteiger partial charge in [0.05, 0.1) is 0 Å². The molecule has 3 rings (SSSR count). The van der Waals surface area contributed by atoms with Gasteiger partial charge in [-0.15, -0.1) is 0 Å². The van der Waals surface area contributed by atoms with Gasteiger partial charge in [-0.25, -0.2) is 0 Å². The van der Waals surface area contributed by atoms with E-state index in [-0.39, 0.29) is 23.6 Å². The lowest BCUT2D eigenvalue weighted by molar-refractivity contribution is -0.136. The molecule has 2 saturated heterocycles. The molecule has 164 valence electrons. The fourth-order valence-corrected chi connectivity index (χ4v) is 4.11. The Labute approximate surface area is 180 Å². The Morgan fingerprint density at radius 1 is 0.900 bits per heavy atom. The van der Waals surface area contributed by atoms with E-state index in [1.807, 2.05) is 30.6 Å². The Balaban J connectivity index is 1.57. The highest BCUT2D eigenvalue weighted by Gasteiger charge is 2.31. The Hall–Kier alpha value is -2.37. The first-order valence-electron chi connectivity index (χ1n) is 11.3. The van der Waals surface area contributed by atoms with Crippen molar-refractivity contribution in [1.29, 1.82) is 0 Å². The fraction of sp³-hybridized carbons (Fsp3) is 0.625. The number of hydrogen-bond donors (Lipinski definition) is 1. The molecule has 0 spiro atoms. The van der Waals surface area contributed by atoms with Gasteiger partial charge in [-0.2, -0.15) is 0 Å². The van der Waals surface area contributed by atoms with Crippen LogP contribution in [0.4, 0.5) is 5.69 Å². The number of rotatable bonds is 3. The van der Waals surface area contributed by atoms with E-state index >= 15 is 0 Å². The highest BCUT2D eigenvalue weighted by molar-refractivity contribution is 5.98. The van der Waals surface area contributed by atoms with Gasteiger partial charge in [-0.1, -0.05) is 39.7 Å². The van der Waals surface area contributed by atoms with Crippen molar-refractivity contribution in [3.63, 3.8) is 0 Å². The zero-order valence-corrected chi connectivity index (χ0v) is 18.6. The number of hydrogen-bond acceptors (Lipinski definition) is 3. The zero-order chi connectivity index (χ0) is 21.7. The number of carbonyl (C=O) groups excluding carboxylic acids is 3. The summed E-state index contributed by atoms with van der Waals surface area (Å²) in [5.74, 6) is 0.183. The molecule has 2 heterocycles. The van der Waals surface area contributed by atoms with Crippen LogP contribution in [0.2, 0.25) is 0 Å². The van der Waals surface area contributed by atoms with Gasteiger partial charge in [-0.05, 0) is 43.9 Å². The van der Waals surface area contributed by atoms with Crippen LogP contribution in [0, 0.1) is 11.3 Å². The monoisotopic (exact) mass is 413 g/mol. The van der Waals surface area contributed by atoms with Gasteiger partial charge in [-0.3, -0.25) is 14.4 Å². The minimum atomic E-state index is -0.498. The van der Waals surface area contributed by atoms with Crippen LogP contribution < -0.4 is 5.32 Å². The Morgan fingerprint density at radius 3 is 2.13 bits per heavy atom. The number of likely N-dealkylation sites (tertiary alicyclic amines) is 2. The second kappa shape index (κ2) is 9.63. The minimum Gasteiger partial charge on any atom is -0.342 e. The first kappa shape index (κ1) is 22.3. The van der Waals surface area contributed by atoms with Gasteiger partial charge < -0.3 is 15.1 Å². The number of nitrogens with zero attached hydrogens (tertiary/aromatic N) is 2. The molecule has 0 unspecified atom stereocenters. The van der Waals surface area contributed by atoms with Crippen LogP contribution in [0.15, 0.2) is 24.3 Å². The van der Waals surface area contributed by atoms with Crippen LogP contribution in [0.1, 0.15) is 69.7 Å². The molecule has 0 aliphatic carbocycles. The molecule has 2 aliphatic heterocycles. The molecule has 1 aromatic rings. The maximum absolute atomic E-state index is 13.0. The van der Waals surface area contributed by atoms with Crippen molar-refractivity contribution in [1.82, 2.24) is 9.80 Å². The van der Waals surface area contributed by atoms with Crippen LogP contribution in [-0.2, 0) is 9.59 Å². The number of nitrogens with one attached hydrogen (secondary N) is 1. The zero-order valence-electron chi connectivity index (χ0n) is 18.6. The SMILES string of the molecule is CC(C)(C)C(=O)Nc1cccc(C(=O)N2CCC(C(=O)N3CCCCCC3)CC2)c1. The number of amides is 3. The predicted octanol–water partition coefficient (Wildman–Crippen LogP) is 3.93. The summed E-state index contributed by atoms with van der Waals surface area (Å²) in [7, 11) is 0. The van der Waals surface area contributed by atoms with Crippen LogP contribution in [0.3, 0.4) is 0 Å². The van der Waals surface area contributed by atoms with Gasteiger partial charge in [0.25, 0.3) is 5.91 Å². The van der Waals surface area contributed by atoms with E-state index in [0.29, 0.717) is 24.3 Å². The third kappa shape index (κ3) is 5.61. The molecule has 0 saturated carbocycles. The van der Waals surface area contributed by atoms with Crippen LogP contribution >= 0.6 is 0 Å². The molecule has 2 aliphatic rings. The van der Waals surface area contributed by atoms with Crippen LogP contribution in [-0.4, -0.2) is 53.7 Å². The van der Waals surface area contributed by atoms with E-state index in [4.69, 9.17) is 0 Å². The molecule has 2 fully saturated rings. The van der Waals surface area contributed by atoms with Gasteiger partial charge in [0.2, 0.25) is 11.8 Å². The lowest BCUT2D eigenvalue weighted by Gasteiger charge is -2.34. The van der Waals surface area contributed by atoms with Crippen molar-refractivity contribution in [3.8, 4) is 0 Å². The summed E-state index contributed by atoms with van der Waals surface area (Å²) in [5, 5.41) is 2.88. The largest absolute Gasteiger partial charge is 0.342 e. The predicted molar refractivity (Wildman–Crippen MR) is 118 cm³/mol. The summed E-state index contributed by atoms with van der Waals surface area (Å²) < 4.78 is 0. The molecule has 0 bridgehead atoms. The Kier molecular flexibility index (Phi) is 7.16. The summed E-state index contributed by atoms with van der Waals surface area (Å²) in [6.45, 7) is 8.52. The average molecular weight is 414 g/mol. The highest BCUT2D eigenvalue weighted by Crippen LogP contribution is 2.24. The standard InChI is InChI=1S/C24H35N3O3/c1-24(2,3)23(30)25-20-10-8-9-19(17-20)22(29)27-15-11-18(12-16-27)21(28)26-13-6-4-5-7-14-26/h8-10,17-18H,4-7,11-16H2,1-3H3,(H,25,30). The van der Waals surface area contributed by atoms with Crippen molar-refractivity contribution in [2.75, 3.05) is 31.5 Å². The van der Waals surface area contributed by atoms with Gasteiger partial charge in [0.1, 0.15) is 0 Å². The van der Waals surface area contributed by atoms with E-state index in [2.05, 4.69) is 5.32 Å². The lowest BCUT2D eigenvalue weighted by Crippen LogP contribution is -2.44. The van der Waals surface area contributed by atoms with Crippen molar-refractivity contribution in [3.05, 3.63) is 29.8 Å². The van der Waals surface area contributed by atoms with E-state index < -0.39 is 5.41 Å². The molecule has 6 nitrogen and oxygen atoms in total. The molecule has 30 heavy (non-hydrogen) atoms. The summed E-state index contributed by atoms with van der Waals surface area (Å²) >= 11 is 0. The second-order valence-corrected chi connectivity index (χ2v) is 9.59. The van der Waals surface area contributed by atoms with Crippen LogP contribution in [0.5, 0.6) is 0 Å². The average Bonchev–Trinajstić information content (AvgIpc) is 3.02. The van der Waals surface area contributed by atoms with Crippen molar-refractivity contribution < 1.29 is 14.4 Å². The molecule has 1 aromatic carbocycles. The molecular weight excluding hydrogens is 378 g/mol. The van der Waals surface area contributed by atoms with Gasteiger partial charge >= 0.3 is 0 Å². The second-order valence-electron chi connectivity index (χ2n) is 9.59. The van der Waals surface area contributed by atoms with Gasteiger partial charge in [0, 0.05) is 48.8 Å². The fourth-order valence-electron chi connectivity index (χ4n) is 4.11. The summed E-state index contributed by atoms with van der Waals surface area (Å²) in [4.78, 5) is 41.9. The van der Waals surface area contributed by atoms with Crippen molar-refractivity contribution >= 4 is 23.4 Å². The Morgan fingerprint density at radius 2 is 1.53 bits per heavy atom. The first-order chi connectivity index (χ1) is 14.3. The molecule has 0 radical (unpaired) electrons. The quantitative estimate of drug-likeness (QED) is 0.816. The third-order valence-electron chi connectivity index (χ3n) is 6.10.